The van der Waals surface area contributed by atoms with Crippen molar-refractivity contribution in [3.63, 3.8) is 0 Å². The van der Waals surface area contributed by atoms with E-state index in [2.05, 4.69) is 17.6 Å². The van der Waals surface area contributed by atoms with Crippen LogP contribution in [0.2, 0.25) is 0 Å². The van der Waals surface area contributed by atoms with Crippen LogP contribution in [0.5, 0.6) is 0 Å². The van der Waals surface area contributed by atoms with E-state index >= 15 is 0 Å². The van der Waals surface area contributed by atoms with E-state index in [0.29, 0.717) is 18.8 Å². The standard InChI is InChI=1S/C13H24N2O4S/c1-9-4-6-13(7-5-9,11(16)17)15-12(18)14-8-10(2)20(3)19/h9-10H,4-8H2,1-3H3,(H,16,17)(H2,14,15,18). The van der Waals surface area contributed by atoms with E-state index in [0.717, 1.165) is 12.8 Å². The van der Waals surface area contributed by atoms with Crippen molar-refractivity contribution in [2.24, 2.45) is 5.92 Å². The first-order valence-corrected chi connectivity index (χ1v) is 8.50. The fourth-order valence-corrected chi connectivity index (χ4v) is 2.58. The Balaban J connectivity index is 2.56. The van der Waals surface area contributed by atoms with Gasteiger partial charge in [-0.15, -0.1) is 0 Å². The Morgan fingerprint density at radius 3 is 2.40 bits per heavy atom. The number of rotatable bonds is 5. The smallest absolute Gasteiger partial charge is 0.329 e. The Morgan fingerprint density at radius 2 is 1.95 bits per heavy atom. The topological polar surface area (TPSA) is 95.5 Å². The highest BCUT2D eigenvalue weighted by Crippen LogP contribution is 2.32. The largest absolute Gasteiger partial charge is 0.480 e. The zero-order valence-electron chi connectivity index (χ0n) is 12.3. The Kier molecular flexibility index (Phi) is 5.98. The molecule has 3 N–H and O–H groups in total. The maximum Gasteiger partial charge on any atom is 0.329 e. The molecule has 2 atom stereocenters. The fraction of sp³-hybridized carbons (Fsp3) is 0.846. The summed E-state index contributed by atoms with van der Waals surface area (Å²) in [5.41, 5.74) is -1.16. The third kappa shape index (κ3) is 4.47. The maximum absolute atomic E-state index is 11.8. The molecule has 1 saturated carbocycles. The molecule has 0 aliphatic heterocycles. The van der Waals surface area contributed by atoms with Gasteiger partial charge in [-0.05, 0) is 38.5 Å². The molecule has 116 valence electrons. The summed E-state index contributed by atoms with van der Waals surface area (Å²) < 4.78 is 11.2. The van der Waals surface area contributed by atoms with Crippen LogP contribution in [0.15, 0.2) is 0 Å². The Labute approximate surface area is 122 Å². The van der Waals surface area contributed by atoms with Crippen molar-refractivity contribution in [1.29, 1.82) is 0 Å². The average Bonchev–Trinajstić information content (AvgIpc) is 2.38. The predicted octanol–water partition coefficient (Wildman–Crippen LogP) is 1.09. The molecular formula is C13H24N2O4S. The van der Waals surface area contributed by atoms with Gasteiger partial charge in [0.05, 0.1) is 0 Å². The summed E-state index contributed by atoms with van der Waals surface area (Å²) >= 11 is 0. The molecule has 20 heavy (non-hydrogen) atoms. The Morgan fingerprint density at radius 1 is 1.40 bits per heavy atom. The van der Waals surface area contributed by atoms with Gasteiger partial charge in [0.15, 0.2) is 0 Å². The molecule has 0 aromatic carbocycles. The van der Waals surface area contributed by atoms with Crippen molar-refractivity contribution in [2.45, 2.75) is 50.3 Å². The summed E-state index contributed by atoms with van der Waals surface area (Å²) in [6.07, 6.45) is 4.06. The number of nitrogens with one attached hydrogen (secondary N) is 2. The second-order valence-electron chi connectivity index (χ2n) is 5.71. The van der Waals surface area contributed by atoms with Crippen LogP contribution >= 0.6 is 0 Å². The van der Waals surface area contributed by atoms with Gasteiger partial charge >= 0.3 is 12.0 Å². The fourth-order valence-electron chi connectivity index (χ4n) is 2.26. The Bertz CT molecular complexity index is 392. The maximum atomic E-state index is 11.8. The number of hydrogen-bond donors (Lipinski definition) is 3. The van der Waals surface area contributed by atoms with Crippen LogP contribution in [0.1, 0.15) is 39.5 Å². The molecule has 6 nitrogen and oxygen atoms in total. The Hall–Kier alpha value is -1.11. The molecule has 0 aromatic heterocycles. The summed E-state index contributed by atoms with van der Waals surface area (Å²) in [5.74, 6) is -0.485. The summed E-state index contributed by atoms with van der Waals surface area (Å²) in [7, 11) is -1.02. The summed E-state index contributed by atoms with van der Waals surface area (Å²) in [5, 5.41) is 14.4. The molecule has 0 bridgehead atoms. The van der Waals surface area contributed by atoms with Crippen molar-refractivity contribution < 1.29 is 18.9 Å². The van der Waals surface area contributed by atoms with Crippen molar-refractivity contribution in [2.75, 3.05) is 12.8 Å². The van der Waals surface area contributed by atoms with Gasteiger partial charge in [0.2, 0.25) is 0 Å². The van der Waals surface area contributed by atoms with E-state index in [9.17, 15) is 18.9 Å². The summed E-state index contributed by atoms with van der Waals surface area (Å²) in [6, 6.07) is -0.501. The second kappa shape index (κ2) is 7.06. The molecule has 0 spiro atoms. The van der Waals surface area contributed by atoms with Gasteiger partial charge in [-0.1, -0.05) is 6.92 Å². The number of carbonyl (C=O) groups excluding carboxylic acids is 1. The lowest BCUT2D eigenvalue weighted by atomic mass is 9.77. The van der Waals surface area contributed by atoms with Gasteiger partial charge in [-0.3, -0.25) is 4.21 Å². The number of carbonyl (C=O) groups is 2. The molecule has 1 rings (SSSR count). The van der Waals surface area contributed by atoms with E-state index in [4.69, 9.17) is 0 Å². The van der Waals surface area contributed by atoms with Gasteiger partial charge in [-0.2, -0.15) is 0 Å². The van der Waals surface area contributed by atoms with Gasteiger partial charge in [0.1, 0.15) is 5.54 Å². The van der Waals surface area contributed by atoms with E-state index < -0.39 is 28.3 Å². The minimum absolute atomic E-state index is 0.159. The summed E-state index contributed by atoms with van der Waals surface area (Å²) in [4.78, 5) is 23.3. The number of urea groups is 1. The molecular weight excluding hydrogens is 280 g/mol. The van der Waals surface area contributed by atoms with Crippen LogP contribution in [0.3, 0.4) is 0 Å². The summed E-state index contributed by atoms with van der Waals surface area (Å²) in [6.45, 7) is 4.12. The lowest BCUT2D eigenvalue weighted by molar-refractivity contribution is -0.146. The molecule has 0 aromatic rings. The van der Waals surface area contributed by atoms with Crippen molar-refractivity contribution >= 4 is 22.8 Å². The predicted molar refractivity (Wildman–Crippen MR) is 78.1 cm³/mol. The van der Waals surface area contributed by atoms with Crippen LogP contribution in [-0.2, 0) is 15.6 Å². The number of amides is 2. The number of carboxylic acids is 1. The number of aliphatic carboxylic acids is 1. The monoisotopic (exact) mass is 304 g/mol. The molecule has 2 unspecified atom stereocenters. The first kappa shape index (κ1) is 16.9. The molecule has 1 aliphatic rings. The van der Waals surface area contributed by atoms with Crippen molar-refractivity contribution in [1.82, 2.24) is 10.6 Å². The van der Waals surface area contributed by atoms with E-state index in [-0.39, 0.29) is 11.8 Å². The second-order valence-corrected chi connectivity index (χ2v) is 7.52. The quantitative estimate of drug-likeness (QED) is 0.708. The lowest BCUT2D eigenvalue weighted by Crippen LogP contribution is -2.59. The van der Waals surface area contributed by atoms with Crippen LogP contribution in [0, 0.1) is 5.92 Å². The highest BCUT2D eigenvalue weighted by molar-refractivity contribution is 7.84. The SMILES string of the molecule is CC1CCC(NC(=O)NCC(C)S(C)=O)(C(=O)O)CC1. The third-order valence-electron chi connectivity index (χ3n) is 4.01. The normalized spacial score (nSPS) is 29.2. The van der Waals surface area contributed by atoms with Crippen LogP contribution in [0.25, 0.3) is 0 Å². The van der Waals surface area contributed by atoms with Crippen molar-refractivity contribution in [3.8, 4) is 0 Å². The molecule has 2 amide bonds. The van der Waals surface area contributed by atoms with E-state index in [1.54, 1.807) is 13.2 Å². The molecule has 7 heteroatoms. The van der Waals surface area contributed by atoms with E-state index in [1.807, 2.05) is 0 Å². The van der Waals surface area contributed by atoms with Gasteiger partial charge in [0, 0.05) is 28.9 Å². The van der Waals surface area contributed by atoms with Gasteiger partial charge < -0.3 is 15.7 Å². The van der Waals surface area contributed by atoms with Crippen LogP contribution in [-0.4, -0.2) is 44.9 Å². The van der Waals surface area contributed by atoms with Crippen LogP contribution in [0.4, 0.5) is 4.79 Å². The molecule has 1 fully saturated rings. The zero-order valence-corrected chi connectivity index (χ0v) is 13.1. The number of carboxylic acid groups (broad SMARTS) is 1. The first-order chi connectivity index (χ1) is 9.27. The molecule has 0 saturated heterocycles. The third-order valence-corrected chi connectivity index (χ3v) is 5.31. The van der Waals surface area contributed by atoms with Gasteiger partial charge in [0.25, 0.3) is 0 Å². The minimum atomic E-state index is -1.16. The zero-order chi connectivity index (χ0) is 15.3. The minimum Gasteiger partial charge on any atom is -0.480 e. The molecule has 0 radical (unpaired) electrons. The number of hydrogen-bond acceptors (Lipinski definition) is 3. The highest BCUT2D eigenvalue weighted by Gasteiger charge is 2.42. The first-order valence-electron chi connectivity index (χ1n) is 6.88. The molecule has 1 aliphatic carbocycles. The van der Waals surface area contributed by atoms with E-state index in [1.165, 1.54) is 0 Å². The lowest BCUT2D eigenvalue weighted by Gasteiger charge is -2.36. The van der Waals surface area contributed by atoms with Gasteiger partial charge in [-0.25, -0.2) is 9.59 Å². The van der Waals surface area contributed by atoms with Crippen molar-refractivity contribution in [3.05, 3.63) is 0 Å². The van der Waals surface area contributed by atoms with Crippen LogP contribution < -0.4 is 10.6 Å². The average molecular weight is 304 g/mol. The highest BCUT2D eigenvalue weighted by atomic mass is 32.2. The molecule has 0 heterocycles.